The molecular formula is C13H19NO. The van der Waals surface area contributed by atoms with Crippen molar-refractivity contribution in [2.75, 3.05) is 0 Å². The van der Waals surface area contributed by atoms with Crippen LogP contribution in [0.25, 0.3) is 0 Å². The Balaban J connectivity index is 2.62. The van der Waals surface area contributed by atoms with Gasteiger partial charge in [0, 0.05) is 0 Å². The fraction of sp³-hybridized carbons (Fsp3) is 0.462. The lowest BCUT2D eigenvalue weighted by atomic mass is 9.93. The van der Waals surface area contributed by atoms with E-state index in [4.69, 9.17) is 5.73 Å². The molecule has 0 unspecified atom stereocenters. The van der Waals surface area contributed by atoms with Gasteiger partial charge >= 0.3 is 0 Å². The second kappa shape index (κ2) is 6.23. The maximum absolute atomic E-state index is 11.3. The molecule has 15 heavy (non-hydrogen) atoms. The van der Waals surface area contributed by atoms with Crippen LogP contribution in [-0.2, 0) is 4.79 Å². The molecule has 1 aromatic carbocycles. The molecule has 2 N–H and O–H groups in total. The quantitative estimate of drug-likeness (QED) is 0.713. The van der Waals surface area contributed by atoms with Crippen molar-refractivity contribution in [1.29, 1.82) is 0 Å². The van der Waals surface area contributed by atoms with Gasteiger partial charge in [0.1, 0.15) is 0 Å². The Labute approximate surface area is 91.5 Å². The van der Waals surface area contributed by atoms with E-state index in [1.807, 2.05) is 30.3 Å². The van der Waals surface area contributed by atoms with Gasteiger partial charge in [-0.3, -0.25) is 4.79 Å². The lowest BCUT2D eigenvalue weighted by molar-refractivity contribution is -0.119. The van der Waals surface area contributed by atoms with Gasteiger partial charge < -0.3 is 5.73 Å². The summed E-state index contributed by atoms with van der Waals surface area (Å²) in [6.07, 6.45) is 4.27. The summed E-state index contributed by atoms with van der Waals surface area (Å²) in [6.45, 7) is 2.15. The lowest BCUT2D eigenvalue weighted by Gasteiger charge is -2.13. The molecule has 0 heterocycles. The van der Waals surface area contributed by atoms with Crippen molar-refractivity contribution in [3.05, 3.63) is 35.9 Å². The second-order valence-electron chi connectivity index (χ2n) is 3.86. The topological polar surface area (TPSA) is 43.1 Å². The average Bonchev–Trinajstić information content (AvgIpc) is 2.25. The average molecular weight is 205 g/mol. The molecule has 0 bridgehead atoms. The maximum atomic E-state index is 11.3. The number of carbonyl (C=O) groups excluding carboxylic acids is 1. The predicted octanol–water partition coefficient (Wildman–Crippen LogP) is 2.84. The monoisotopic (exact) mass is 205 g/mol. The van der Waals surface area contributed by atoms with Crippen LogP contribution in [-0.4, -0.2) is 5.91 Å². The number of hydrogen-bond acceptors (Lipinski definition) is 1. The minimum absolute atomic E-state index is 0.113. The molecule has 2 heteroatoms. The Morgan fingerprint density at radius 2 is 1.93 bits per heavy atom. The molecule has 0 radical (unpaired) electrons. The number of hydrogen-bond donors (Lipinski definition) is 1. The minimum atomic E-state index is -0.211. The third-order valence-electron chi connectivity index (χ3n) is 2.64. The van der Waals surface area contributed by atoms with Gasteiger partial charge in [-0.1, -0.05) is 56.5 Å². The van der Waals surface area contributed by atoms with Gasteiger partial charge in [-0.15, -0.1) is 0 Å². The standard InChI is InChI=1S/C13H19NO/c1-2-3-5-10-12(13(14)15)11-8-6-4-7-9-11/h4,6-9,12H,2-3,5,10H2,1H3,(H2,14,15)/t12-/m0/s1. The van der Waals surface area contributed by atoms with Crippen LogP contribution in [0.4, 0.5) is 0 Å². The van der Waals surface area contributed by atoms with Gasteiger partial charge in [-0.05, 0) is 12.0 Å². The molecule has 0 aliphatic carbocycles. The normalized spacial score (nSPS) is 12.3. The molecule has 1 aromatic rings. The van der Waals surface area contributed by atoms with Crippen molar-refractivity contribution in [2.45, 2.75) is 38.5 Å². The Morgan fingerprint density at radius 3 is 2.47 bits per heavy atom. The van der Waals surface area contributed by atoms with Crippen LogP contribution >= 0.6 is 0 Å². The molecule has 1 rings (SSSR count). The SMILES string of the molecule is CCCCC[C@H](C(N)=O)c1ccccc1. The summed E-state index contributed by atoms with van der Waals surface area (Å²) >= 11 is 0. The molecular weight excluding hydrogens is 186 g/mol. The van der Waals surface area contributed by atoms with Crippen molar-refractivity contribution >= 4 is 5.91 Å². The van der Waals surface area contributed by atoms with E-state index in [0.29, 0.717) is 0 Å². The number of nitrogens with two attached hydrogens (primary N) is 1. The van der Waals surface area contributed by atoms with E-state index in [0.717, 1.165) is 24.8 Å². The zero-order chi connectivity index (χ0) is 11.1. The van der Waals surface area contributed by atoms with Gasteiger partial charge in [0.15, 0.2) is 0 Å². The molecule has 0 aliphatic heterocycles. The third-order valence-corrected chi connectivity index (χ3v) is 2.64. The van der Waals surface area contributed by atoms with Crippen LogP contribution < -0.4 is 5.73 Å². The fourth-order valence-corrected chi connectivity index (χ4v) is 1.76. The van der Waals surface area contributed by atoms with E-state index in [-0.39, 0.29) is 11.8 Å². The smallest absolute Gasteiger partial charge is 0.224 e. The minimum Gasteiger partial charge on any atom is -0.369 e. The highest BCUT2D eigenvalue weighted by Crippen LogP contribution is 2.21. The fourth-order valence-electron chi connectivity index (χ4n) is 1.76. The highest BCUT2D eigenvalue weighted by Gasteiger charge is 2.16. The van der Waals surface area contributed by atoms with Crippen molar-refractivity contribution in [3.8, 4) is 0 Å². The summed E-state index contributed by atoms with van der Waals surface area (Å²) in [7, 11) is 0. The largest absolute Gasteiger partial charge is 0.369 e. The summed E-state index contributed by atoms with van der Waals surface area (Å²) in [4.78, 5) is 11.3. The van der Waals surface area contributed by atoms with Crippen LogP contribution in [0.3, 0.4) is 0 Å². The van der Waals surface area contributed by atoms with E-state index in [2.05, 4.69) is 6.92 Å². The number of benzene rings is 1. The Morgan fingerprint density at radius 1 is 1.27 bits per heavy atom. The van der Waals surface area contributed by atoms with E-state index >= 15 is 0 Å². The zero-order valence-electron chi connectivity index (χ0n) is 9.28. The summed E-state index contributed by atoms with van der Waals surface area (Å²) in [6, 6.07) is 9.80. The molecule has 0 saturated heterocycles. The lowest BCUT2D eigenvalue weighted by Crippen LogP contribution is -2.21. The Hall–Kier alpha value is -1.31. The van der Waals surface area contributed by atoms with Crippen LogP contribution in [0.5, 0.6) is 0 Å². The van der Waals surface area contributed by atoms with Crippen molar-refractivity contribution in [3.63, 3.8) is 0 Å². The molecule has 0 fully saturated rings. The van der Waals surface area contributed by atoms with E-state index in [1.165, 1.54) is 6.42 Å². The first-order valence-corrected chi connectivity index (χ1v) is 5.60. The zero-order valence-corrected chi connectivity index (χ0v) is 9.28. The van der Waals surface area contributed by atoms with E-state index in [9.17, 15) is 4.79 Å². The highest BCUT2D eigenvalue weighted by molar-refractivity contribution is 5.81. The molecule has 0 saturated carbocycles. The van der Waals surface area contributed by atoms with Gasteiger partial charge in [0.25, 0.3) is 0 Å². The van der Waals surface area contributed by atoms with Gasteiger partial charge in [-0.25, -0.2) is 0 Å². The summed E-state index contributed by atoms with van der Waals surface area (Å²) in [5.74, 6) is -0.324. The molecule has 1 amide bonds. The number of amides is 1. The van der Waals surface area contributed by atoms with Crippen LogP contribution in [0.1, 0.15) is 44.1 Å². The number of carbonyl (C=O) groups is 1. The number of rotatable bonds is 6. The van der Waals surface area contributed by atoms with E-state index < -0.39 is 0 Å². The maximum Gasteiger partial charge on any atom is 0.224 e. The number of unbranched alkanes of at least 4 members (excludes halogenated alkanes) is 2. The summed E-state index contributed by atoms with van der Waals surface area (Å²) in [5, 5.41) is 0. The molecule has 82 valence electrons. The predicted molar refractivity (Wildman–Crippen MR) is 62.5 cm³/mol. The van der Waals surface area contributed by atoms with Gasteiger partial charge in [0.2, 0.25) is 5.91 Å². The van der Waals surface area contributed by atoms with Gasteiger partial charge in [-0.2, -0.15) is 0 Å². The van der Waals surface area contributed by atoms with Crippen molar-refractivity contribution in [2.24, 2.45) is 5.73 Å². The number of primary amides is 1. The third kappa shape index (κ3) is 3.74. The second-order valence-corrected chi connectivity index (χ2v) is 3.86. The van der Waals surface area contributed by atoms with Crippen molar-refractivity contribution in [1.82, 2.24) is 0 Å². The highest BCUT2D eigenvalue weighted by atomic mass is 16.1. The van der Waals surface area contributed by atoms with Gasteiger partial charge in [0.05, 0.1) is 5.92 Å². The Bertz CT molecular complexity index is 295. The van der Waals surface area contributed by atoms with Crippen molar-refractivity contribution < 1.29 is 4.79 Å². The van der Waals surface area contributed by atoms with Crippen LogP contribution in [0.2, 0.25) is 0 Å². The molecule has 0 aliphatic rings. The summed E-state index contributed by atoms with van der Waals surface area (Å²) in [5.41, 5.74) is 6.45. The molecule has 2 nitrogen and oxygen atoms in total. The van der Waals surface area contributed by atoms with Crippen LogP contribution in [0.15, 0.2) is 30.3 Å². The molecule has 0 aromatic heterocycles. The van der Waals surface area contributed by atoms with E-state index in [1.54, 1.807) is 0 Å². The first kappa shape index (κ1) is 11.8. The van der Waals surface area contributed by atoms with Crippen LogP contribution in [0, 0.1) is 0 Å². The molecule has 1 atom stereocenters. The molecule has 0 spiro atoms. The Kier molecular flexibility index (Phi) is 4.88. The first-order valence-electron chi connectivity index (χ1n) is 5.60. The first-order chi connectivity index (χ1) is 7.25. The summed E-state index contributed by atoms with van der Waals surface area (Å²) < 4.78 is 0.